The summed E-state index contributed by atoms with van der Waals surface area (Å²) in [6.45, 7) is 2.16. The lowest BCUT2D eigenvalue weighted by molar-refractivity contribution is -0.148. The van der Waals surface area contributed by atoms with E-state index in [1.54, 1.807) is 12.1 Å². The summed E-state index contributed by atoms with van der Waals surface area (Å²) in [6.07, 6.45) is 5.49. The minimum Gasteiger partial charge on any atom is -0.478 e. The molecule has 1 heterocycles. The number of rotatable bonds is 10. The van der Waals surface area contributed by atoms with Gasteiger partial charge in [-0.3, -0.25) is 4.79 Å². The molecule has 0 spiro atoms. The Labute approximate surface area is 163 Å². The first-order chi connectivity index (χ1) is 13.2. The maximum atomic E-state index is 13.9. The van der Waals surface area contributed by atoms with Crippen LogP contribution in [0.5, 0.6) is 0 Å². The van der Waals surface area contributed by atoms with Gasteiger partial charge in [-0.15, -0.1) is 0 Å². The normalized spacial score (nSPS) is 20.1. The van der Waals surface area contributed by atoms with Gasteiger partial charge in [-0.2, -0.15) is 8.78 Å². The van der Waals surface area contributed by atoms with Gasteiger partial charge in [0.15, 0.2) is 0 Å². The summed E-state index contributed by atoms with van der Waals surface area (Å²) in [4.78, 5) is 24.1. The highest BCUT2D eigenvalue weighted by atomic mass is 19.3. The first-order valence-corrected chi connectivity index (χ1v) is 9.62. The second-order valence-electron chi connectivity index (χ2n) is 7.17. The number of aliphatic hydroxyl groups excluding tert-OH is 1. The van der Waals surface area contributed by atoms with Crippen molar-refractivity contribution >= 4 is 11.9 Å². The fourth-order valence-electron chi connectivity index (χ4n) is 3.28. The number of amides is 1. The number of halogens is 2. The van der Waals surface area contributed by atoms with Gasteiger partial charge in [0.1, 0.15) is 0 Å². The van der Waals surface area contributed by atoms with Gasteiger partial charge in [-0.25, -0.2) is 4.79 Å². The molecule has 1 aliphatic heterocycles. The maximum Gasteiger partial charge on any atom is 0.335 e. The SMILES string of the molecule is CCCCCC(O)/C=C/C1CC(F)(F)C(=O)N1CCc1ccc(C(=O)O)cc1. The molecule has 0 saturated carbocycles. The highest BCUT2D eigenvalue weighted by molar-refractivity contribution is 5.87. The van der Waals surface area contributed by atoms with Crippen molar-refractivity contribution in [2.45, 2.75) is 63.5 Å². The molecule has 1 amide bonds. The van der Waals surface area contributed by atoms with Crippen LogP contribution in [0.1, 0.15) is 54.9 Å². The third kappa shape index (κ3) is 5.86. The van der Waals surface area contributed by atoms with Crippen molar-refractivity contribution in [1.29, 1.82) is 0 Å². The number of nitrogens with zero attached hydrogens (tertiary/aromatic N) is 1. The Morgan fingerprint density at radius 3 is 2.61 bits per heavy atom. The highest BCUT2D eigenvalue weighted by Gasteiger charge is 2.52. The summed E-state index contributed by atoms with van der Waals surface area (Å²) in [5, 5.41) is 18.9. The number of carboxylic acid groups (broad SMARTS) is 1. The van der Waals surface area contributed by atoms with Crippen molar-refractivity contribution in [1.82, 2.24) is 4.90 Å². The van der Waals surface area contributed by atoms with Crippen LogP contribution in [0.2, 0.25) is 0 Å². The molecule has 2 N–H and O–H groups in total. The lowest BCUT2D eigenvalue weighted by Crippen LogP contribution is -2.37. The predicted molar refractivity (Wildman–Crippen MR) is 101 cm³/mol. The fourth-order valence-corrected chi connectivity index (χ4v) is 3.28. The summed E-state index contributed by atoms with van der Waals surface area (Å²) in [5.41, 5.74) is 0.903. The van der Waals surface area contributed by atoms with E-state index in [1.807, 2.05) is 0 Å². The number of carbonyl (C=O) groups excluding carboxylic acids is 1. The van der Waals surface area contributed by atoms with Crippen molar-refractivity contribution in [3.05, 3.63) is 47.5 Å². The monoisotopic (exact) mass is 395 g/mol. The molecule has 7 heteroatoms. The van der Waals surface area contributed by atoms with Crippen LogP contribution in [0.3, 0.4) is 0 Å². The Balaban J connectivity index is 2.00. The van der Waals surface area contributed by atoms with E-state index in [0.717, 1.165) is 29.7 Å². The van der Waals surface area contributed by atoms with Crippen LogP contribution in [-0.4, -0.2) is 51.6 Å². The second kappa shape index (κ2) is 9.78. The Morgan fingerprint density at radius 1 is 1.32 bits per heavy atom. The molecule has 1 saturated heterocycles. The standard InChI is InChI=1S/C21H27F2NO4/c1-2-3-4-5-18(25)11-10-17-14-21(22,23)20(28)24(17)13-12-15-6-8-16(9-7-15)19(26)27/h6-11,17-18,25H,2-5,12-14H2,1H3,(H,26,27)/b11-10+. The number of aromatic carboxylic acids is 1. The number of unbranched alkanes of at least 4 members (excludes halogenated alkanes) is 2. The first kappa shape index (κ1) is 22.0. The zero-order chi connectivity index (χ0) is 20.7. The molecule has 2 unspecified atom stereocenters. The van der Waals surface area contributed by atoms with Crippen molar-refractivity contribution < 1.29 is 28.6 Å². The summed E-state index contributed by atoms with van der Waals surface area (Å²) < 4.78 is 27.9. The quantitative estimate of drug-likeness (QED) is 0.468. The predicted octanol–water partition coefficient (Wildman–Crippen LogP) is 3.66. The summed E-state index contributed by atoms with van der Waals surface area (Å²) in [6, 6.07) is 5.36. The van der Waals surface area contributed by atoms with Crippen LogP contribution in [0.4, 0.5) is 8.78 Å². The maximum absolute atomic E-state index is 13.9. The molecule has 2 atom stereocenters. The van der Waals surface area contributed by atoms with E-state index < -0.39 is 36.4 Å². The Kier molecular flexibility index (Phi) is 7.69. The van der Waals surface area contributed by atoms with Gasteiger partial charge in [0, 0.05) is 13.0 Å². The minimum atomic E-state index is -3.41. The molecule has 154 valence electrons. The molecular weight excluding hydrogens is 368 g/mol. The van der Waals surface area contributed by atoms with E-state index in [-0.39, 0.29) is 12.1 Å². The molecule has 0 bridgehead atoms. The molecule has 1 aromatic rings. The van der Waals surface area contributed by atoms with Crippen molar-refractivity contribution in [2.75, 3.05) is 6.54 Å². The minimum absolute atomic E-state index is 0.0990. The number of carboxylic acids is 1. The average molecular weight is 395 g/mol. The average Bonchev–Trinajstić information content (AvgIpc) is 2.87. The van der Waals surface area contributed by atoms with E-state index in [4.69, 9.17) is 5.11 Å². The van der Waals surface area contributed by atoms with E-state index >= 15 is 0 Å². The zero-order valence-corrected chi connectivity index (χ0v) is 16.0. The van der Waals surface area contributed by atoms with Gasteiger partial charge in [-0.05, 0) is 30.5 Å². The Hall–Kier alpha value is -2.28. The molecule has 1 aliphatic rings. The van der Waals surface area contributed by atoms with Crippen molar-refractivity contribution in [2.24, 2.45) is 0 Å². The zero-order valence-electron chi connectivity index (χ0n) is 16.0. The van der Waals surface area contributed by atoms with Gasteiger partial charge in [0.2, 0.25) is 0 Å². The smallest absolute Gasteiger partial charge is 0.335 e. The van der Waals surface area contributed by atoms with Crippen LogP contribution in [-0.2, 0) is 11.2 Å². The van der Waals surface area contributed by atoms with E-state index in [1.165, 1.54) is 24.3 Å². The first-order valence-electron chi connectivity index (χ1n) is 9.62. The number of likely N-dealkylation sites (tertiary alicyclic amines) is 1. The molecule has 1 aromatic carbocycles. The van der Waals surface area contributed by atoms with Crippen LogP contribution >= 0.6 is 0 Å². The third-order valence-electron chi connectivity index (χ3n) is 4.94. The molecule has 1 fully saturated rings. The lowest BCUT2D eigenvalue weighted by Gasteiger charge is -2.22. The number of aliphatic hydroxyl groups is 1. The lowest BCUT2D eigenvalue weighted by atomic mass is 10.1. The number of hydrogen-bond donors (Lipinski definition) is 2. The number of alkyl halides is 2. The van der Waals surface area contributed by atoms with Gasteiger partial charge in [0.25, 0.3) is 5.91 Å². The summed E-state index contributed by atoms with van der Waals surface area (Å²) in [5.74, 6) is -5.65. The number of hydrogen-bond acceptors (Lipinski definition) is 3. The summed E-state index contributed by atoms with van der Waals surface area (Å²) in [7, 11) is 0. The van der Waals surface area contributed by atoms with E-state index in [2.05, 4.69) is 6.92 Å². The van der Waals surface area contributed by atoms with Gasteiger partial charge >= 0.3 is 11.9 Å². The molecular formula is C21H27F2NO4. The van der Waals surface area contributed by atoms with E-state index in [0.29, 0.717) is 12.8 Å². The topological polar surface area (TPSA) is 77.8 Å². The number of benzene rings is 1. The van der Waals surface area contributed by atoms with Crippen molar-refractivity contribution in [3.8, 4) is 0 Å². The van der Waals surface area contributed by atoms with E-state index in [9.17, 15) is 23.5 Å². The fraction of sp³-hybridized carbons (Fsp3) is 0.524. The second-order valence-corrected chi connectivity index (χ2v) is 7.17. The third-order valence-corrected chi connectivity index (χ3v) is 4.94. The van der Waals surface area contributed by atoms with Crippen LogP contribution in [0, 0.1) is 0 Å². The van der Waals surface area contributed by atoms with Crippen LogP contribution in [0.15, 0.2) is 36.4 Å². The number of carbonyl (C=O) groups is 2. The van der Waals surface area contributed by atoms with Gasteiger partial charge in [-0.1, -0.05) is 50.5 Å². The van der Waals surface area contributed by atoms with Gasteiger partial charge in [0.05, 0.1) is 17.7 Å². The molecule has 0 radical (unpaired) electrons. The van der Waals surface area contributed by atoms with Crippen molar-refractivity contribution in [3.63, 3.8) is 0 Å². The van der Waals surface area contributed by atoms with Gasteiger partial charge < -0.3 is 15.1 Å². The molecule has 28 heavy (non-hydrogen) atoms. The Morgan fingerprint density at radius 2 is 2.00 bits per heavy atom. The highest BCUT2D eigenvalue weighted by Crippen LogP contribution is 2.34. The Bertz CT molecular complexity index is 703. The van der Waals surface area contributed by atoms with Crippen LogP contribution < -0.4 is 0 Å². The molecule has 0 aromatic heterocycles. The molecule has 0 aliphatic carbocycles. The largest absolute Gasteiger partial charge is 0.478 e. The molecule has 5 nitrogen and oxygen atoms in total. The molecule has 2 rings (SSSR count). The summed E-state index contributed by atoms with van der Waals surface area (Å²) >= 11 is 0. The van der Waals surface area contributed by atoms with Crippen LogP contribution in [0.25, 0.3) is 0 Å².